The summed E-state index contributed by atoms with van der Waals surface area (Å²) in [5.74, 6) is 0. The molecule has 0 aliphatic heterocycles. The number of benzene rings is 1. The van der Waals surface area contributed by atoms with Crippen LogP contribution in [-0.4, -0.2) is 0 Å². The lowest BCUT2D eigenvalue weighted by Crippen LogP contribution is -1.84. The minimum Gasteiger partial charge on any atom is -0.0905 e. The van der Waals surface area contributed by atoms with Crippen molar-refractivity contribution in [1.29, 1.82) is 0 Å². The van der Waals surface area contributed by atoms with E-state index in [1.807, 2.05) is 12.1 Å². The Bertz CT molecular complexity index is 246. The molecule has 0 aromatic heterocycles. The van der Waals surface area contributed by atoms with Gasteiger partial charge in [0.05, 0.1) is 0 Å². The van der Waals surface area contributed by atoms with Gasteiger partial charge in [0.2, 0.25) is 0 Å². The van der Waals surface area contributed by atoms with E-state index in [1.165, 1.54) is 11.1 Å². The van der Waals surface area contributed by atoms with Gasteiger partial charge in [0, 0.05) is 0 Å². The molecule has 0 heterocycles. The Labute approximate surface area is 62.2 Å². The second-order valence-corrected chi connectivity index (χ2v) is 2.42. The molecule has 10 heavy (non-hydrogen) atoms. The van der Waals surface area contributed by atoms with Crippen molar-refractivity contribution in [3.8, 4) is 0 Å². The molecule has 0 bridgehead atoms. The van der Waals surface area contributed by atoms with Gasteiger partial charge in [-0.25, -0.2) is 0 Å². The smallest absolute Gasteiger partial charge is 0.0152 e. The summed E-state index contributed by atoms with van der Waals surface area (Å²) in [5, 5.41) is 0. The zero-order chi connectivity index (χ0) is 7.56. The third kappa shape index (κ3) is 1.10. The minimum atomic E-state index is 1.11. The van der Waals surface area contributed by atoms with Crippen LogP contribution in [0, 0.1) is 19.9 Å². The van der Waals surface area contributed by atoms with Crippen LogP contribution in [0.3, 0.4) is 0 Å². The van der Waals surface area contributed by atoms with Crippen molar-refractivity contribution in [3.63, 3.8) is 0 Å². The number of aryl methyl sites for hydroxylation is 1. The summed E-state index contributed by atoms with van der Waals surface area (Å²) < 4.78 is 0. The van der Waals surface area contributed by atoms with Gasteiger partial charge in [-0.3, -0.25) is 0 Å². The average molecular weight is 131 g/mol. The molecular weight excluding hydrogens is 120 g/mol. The normalized spacial score (nSPS) is 9.40. The minimum absolute atomic E-state index is 1.11. The summed E-state index contributed by atoms with van der Waals surface area (Å²) in [7, 11) is 0. The number of rotatable bonds is 1. The van der Waals surface area contributed by atoms with E-state index in [0.717, 1.165) is 5.56 Å². The monoisotopic (exact) mass is 131 g/mol. The maximum absolute atomic E-state index is 3.61. The van der Waals surface area contributed by atoms with Crippen molar-refractivity contribution >= 4 is 0 Å². The quantitative estimate of drug-likeness (QED) is 0.549. The van der Waals surface area contributed by atoms with Crippen LogP contribution in [0.25, 0.3) is 0 Å². The highest BCUT2D eigenvalue weighted by Gasteiger charge is 1.94. The molecule has 1 rings (SSSR count). The van der Waals surface area contributed by atoms with E-state index in [-0.39, 0.29) is 0 Å². The average Bonchev–Trinajstić information content (AvgIpc) is 1.95. The molecule has 0 spiro atoms. The Hall–Kier alpha value is -1.04. The van der Waals surface area contributed by atoms with Crippen LogP contribution in [0.15, 0.2) is 24.8 Å². The molecule has 0 heteroatoms. The first-order valence-corrected chi connectivity index (χ1v) is 3.35. The van der Waals surface area contributed by atoms with Gasteiger partial charge in [0.15, 0.2) is 0 Å². The van der Waals surface area contributed by atoms with E-state index >= 15 is 0 Å². The summed E-state index contributed by atoms with van der Waals surface area (Å²) in [5.41, 5.74) is 3.69. The molecule has 0 fully saturated rings. The summed E-state index contributed by atoms with van der Waals surface area (Å²) in [6.07, 6.45) is 2.89. The Balaban J connectivity index is 3.27. The second kappa shape index (κ2) is 2.70. The van der Waals surface area contributed by atoms with Gasteiger partial charge in [-0.15, -0.1) is 0 Å². The van der Waals surface area contributed by atoms with Gasteiger partial charge in [-0.05, 0) is 36.6 Å². The third-order valence-corrected chi connectivity index (χ3v) is 1.80. The van der Waals surface area contributed by atoms with Gasteiger partial charge in [0.25, 0.3) is 0 Å². The zero-order valence-corrected chi connectivity index (χ0v) is 6.44. The van der Waals surface area contributed by atoms with Crippen LogP contribution in [0.4, 0.5) is 0 Å². The molecule has 0 atom stereocenters. The van der Waals surface area contributed by atoms with E-state index < -0.39 is 0 Å². The van der Waals surface area contributed by atoms with E-state index in [1.54, 1.807) is 0 Å². The predicted molar refractivity (Wildman–Crippen MR) is 43.9 cm³/mol. The first-order valence-electron chi connectivity index (χ1n) is 3.35. The van der Waals surface area contributed by atoms with Crippen LogP contribution in [0.2, 0.25) is 0 Å². The van der Waals surface area contributed by atoms with Gasteiger partial charge >= 0.3 is 0 Å². The van der Waals surface area contributed by atoms with E-state index in [9.17, 15) is 0 Å². The molecule has 0 amide bonds. The van der Waals surface area contributed by atoms with E-state index in [2.05, 4.69) is 32.6 Å². The maximum atomic E-state index is 3.61. The van der Waals surface area contributed by atoms with Crippen molar-refractivity contribution in [2.24, 2.45) is 0 Å². The second-order valence-electron chi connectivity index (χ2n) is 2.42. The Morgan fingerprint density at radius 1 is 1.30 bits per heavy atom. The summed E-state index contributed by atoms with van der Waals surface area (Å²) in [6.45, 7) is 7.79. The molecule has 0 saturated heterocycles. The van der Waals surface area contributed by atoms with E-state index in [0.29, 0.717) is 0 Å². The molecule has 1 aromatic rings. The topological polar surface area (TPSA) is 0 Å². The predicted octanol–water partition coefficient (Wildman–Crippen LogP) is 2.64. The molecule has 51 valence electrons. The van der Waals surface area contributed by atoms with Gasteiger partial charge < -0.3 is 0 Å². The van der Waals surface area contributed by atoms with Crippen LogP contribution in [0.5, 0.6) is 0 Å². The van der Waals surface area contributed by atoms with Gasteiger partial charge in [-0.2, -0.15) is 0 Å². The molecule has 0 aliphatic carbocycles. The van der Waals surface area contributed by atoms with Crippen LogP contribution in [-0.2, 0) is 0 Å². The highest BCUT2D eigenvalue weighted by Crippen LogP contribution is 2.11. The lowest BCUT2D eigenvalue weighted by molar-refractivity contribution is 1.30. The van der Waals surface area contributed by atoms with Gasteiger partial charge in [-0.1, -0.05) is 24.8 Å². The Morgan fingerprint density at radius 2 is 2.00 bits per heavy atom. The Kier molecular flexibility index (Phi) is 1.91. The first kappa shape index (κ1) is 7.07. The molecule has 0 N–H and O–H groups in total. The lowest BCUT2D eigenvalue weighted by atomic mass is 10.0. The largest absolute Gasteiger partial charge is 0.0905 e. The number of hydrogen-bond donors (Lipinski definition) is 0. The molecule has 0 aliphatic rings. The molecular formula is C10H11. The maximum Gasteiger partial charge on any atom is -0.0152 e. The fourth-order valence-electron chi connectivity index (χ4n) is 0.943. The summed E-state index contributed by atoms with van der Waals surface area (Å²) in [4.78, 5) is 0. The fraction of sp³-hybridized carbons (Fsp3) is 0.200. The fourth-order valence-corrected chi connectivity index (χ4v) is 0.943. The van der Waals surface area contributed by atoms with Crippen LogP contribution in [0.1, 0.15) is 16.7 Å². The van der Waals surface area contributed by atoms with Crippen molar-refractivity contribution < 1.29 is 0 Å². The summed E-state index contributed by atoms with van der Waals surface area (Å²) >= 11 is 0. The van der Waals surface area contributed by atoms with Crippen LogP contribution < -0.4 is 0 Å². The van der Waals surface area contributed by atoms with E-state index in [4.69, 9.17) is 0 Å². The third-order valence-electron chi connectivity index (χ3n) is 1.80. The van der Waals surface area contributed by atoms with Gasteiger partial charge in [0.1, 0.15) is 0 Å². The standard InChI is InChI=1S/C10H11/c1-4-10-7-5-6-8(2)9(10)3/h5-7H,1H2,2-3H3. The lowest BCUT2D eigenvalue weighted by Gasteiger charge is -2.01. The van der Waals surface area contributed by atoms with Crippen molar-refractivity contribution in [2.75, 3.05) is 0 Å². The molecule has 0 saturated carbocycles. The van der Waals surface area contributed by atoms with Crippen molar-refractivity contribution in [3.05, 3.63) is 47.5 Å². The SMILES string of the molecule is C=[C]c1cccc(C)c1C. The van der Waals surface area contributed by atoms with Crippen LogP contribution >= 0.6 is 0 Å². The zero-order valence-electron chi connectivity index (χ0n) is 6.44. The molecule has 1 radical (unpaired) electrons. The summed E-state index contributed by atoms with van der Waals surface area (Å²) in [6, 6.07) is 6.14. The number of hydrogen-bond acceptors (Lipinski definition) is 0. The highest BCUT2D eigenvalue weighted by atomic mass is 14.0. The first-order chi connectivity index (χ1) is 4.75. The molecule has 1 aromatic carbocycles. The Morgan fingerprint density at radius 3 is 2.50 bits per heavy atom. The highest BCUT2D eigenvalue weighted by molar-refractivity contribution is 5.36. The van der Waals surface area contributed by atoms with Crippen molar-refractivity contribution in [1.82, 2.24) is 0 Å². The molecule has 0 unspecified atom stereocenters. The van der Waals surface area contributed by atoms with Crippen molar-refractivity contribution in [2.45, 2.75) is 13.8 Å². The molecule has 0 nitrogen and oxygen atoms in total.